The van der Waals surface area contributed by atoms with Crippen molar-refractivity contribution in [1.29, 1.82) is 0 Å². The van der Waals surface area contributed by atoms with Crippen LogP contribution in [0.1, 0.15) is 19.3 Å². The van der Waals surface area contributed by atoms with Crippen molar-refractivity contribution in [1.82, 2.24) is 0 Å². The number of nitrogens with one attached hydrogen (secondary N) is 1. The third-order valence-corrected chi connectivity index (χ3v) is 3.62. The van der Waals surface area contributed by atoms with Crippen molar-refractivity contribution >= 4 is 23.2 Å². The SMILES string of the molecule is CN(C(=O)CCCC(=O)Nc1ccc(F)c(F)c1F)c1ccccc1. The molecular weight excluding hydrogens is 333 g/mol. The fourth-order valence-corrected chi connectivity index (χ4v) is 2.20. The first-order valence-corrected chi connectivity index (χ1v) is 7.65. The van der Waals surface area contributed by atoms with Crippen LogP contribution in [0.5, 0.6) is 0 Å². The Kier molecular flexibility index (Phi) is 6.16. The molecule has 0 spiro atoms. The molecule has 0 bridgehead atoms. The molecule has 0 aliphatic rings. The zero-order valence-electron chi connectivity index (χ0n) is 13.6. The number of anilines is 2. The topological polar surface area (TPSA) is 49.4 Å². The van der Waals surface area contributed by atoms with Crippen LogP contribution in [-0.2, 0) is 9.59 Å². The number of carbonyl (C=O) groups excluding carboxylic acids is 2. The lowest BCUT2D eigenvalue weighted by Crippen LogP contribution is -2.26. The average Bonchev–Trinajstić information content (AvgIpc) is 2.62. The second-order valence-corrected chi connectivity index (χ2v) is 5.41. The number of carbonyl (C=O) groups is 2. The molecule has 0 aliphatic carbocycles. The van der Waals surface area contributed by atoms with Gasteiger partial charge in [-0.05, 0) is 30.7 Å². The van der Waals surface area contributed by atoms with Crippen LogP contribution in [0.25, 0.3) is 0 Å². The summed E-state index contributed by atoms with van der Waals surface area (Å²) in [4.78, 5) is 25.3. The van der Waals surface area contributed by atoms with E-state index in [1.54, 1.807) is 19.2 Å². The molecule has 2 aromatic carbocycles. The standard InChI is InChI=1S/C18H17F3N2O2/c1-23(12-6-3-2-4-7-12)16(25)9-5-8-15(24)22-14-11-10-13(19)17(20)18(14)21/h2-4,6-7,10-11H,5,8-9H2,1H3,(H,22,24). The van der Waals surface area contributed by atoms with Gasteiger partial charge in [-0.15, -0.1) is 0 Å². The Morgan fingerprint density at radius 1 is 0.960 bits per heavy atom. The van der Waals surface area contributed by atoms with Crippen LogP contribution in [0.2, 0.25) is 0 Å². The molecule has 2 amide bonds. The summed E-state index contributed by atoms with van der Waals surface area (Å²) < 4.78 is 39.4. The summed E-state index contributed by atoms with van der Waals surface area (Å²) >= 11 is 0. The lowest BCUT2D eigenvalue weighted by Gasteiger charge is -2.17. The summed E-state index contributed by atoms with van der Waals surface area (Å²) in [6.45, 7) is 0. The maximum absolute atomic E-state index is 13.5. The summed E-state index contributed by atoms with van der Waals surface area (Å²) in [5.41, 5.74) is 0.303. The summed E-state index contributed by atoms with van der Waals surface area (Å²) in [6.07, 6.45) is 0.318. The van der Waals surface area contributed by atoms with Crippen molar-refractivity contribution < 1.29 is 22.8 Å². The number of benzene rings is 2. The van der Waals surface area contributed by atoms with Gasteiger partial charge in [0.05, 0.1) is 5.69 Å². The molecule has 7 heteroatoms. The van der Waals surface area contributed by atoms with E-state index >= 15 is 0 Å². The van der Waals surface area contributed by atoms with Gasteiger partial charge in [-0.2, -0.15) is 0 Å². The average molecular weight is 350 g/mol. The van der Waals surface area contributed by atoms with E-state index in [-0.39, 0.29) is 25.2 Å². The highest BCUT2D eigenvalue weighted by molar-refractivity contribution is 5.94. The van der Waals surface area contributed by atoms with Crippen molar-refractivity contribution in [2.75, 3.05) is 17.3 Å². The molecule has 2 rings (SSSR count). The van der Waals surface area contributed by atoms with Crippen LogP contribution in [0.4, 0.5) is 24.5 Å². The van der Waals surface area contributed by atoms with Crippen molar-refractivity contribution in [2.45, 2.75) is 19.3 Å². The van der Waals surface area contributed by atoms with Crippen molar-refractivity contribution in [2.24, 2.45) is 0 Å². The van der Waals surface area contributed by atoms with Gasteiger partial charge < -0.3 is 10.2 Å². The predicted octanol–water partition coefficient (Wildman–Crippen LogP) is 3.88. The van der Waals surface area contributed by atoms with Crippen molar-refractivity contribution in [3.63, 3.8) is 0 Å². The van der Waals surface area contributed by atoms with Gasteiger partial charge in [0.2, 0.25) is 11.8 Å². The van der Waals surface area contributed by atoms with E-state index in [0.717, 1.165) is 17.8 Å². The van der Waals surface area contributed by atoms with Gasteiger partial charge in [0.1, 0.15) is 0 Å². The molecule has 0 aliphatic heterocycles. The Hall–Kier alpha value is -2.83. The summed E-state index contributed by atoms with van der Waals surface area (Å²) in [5, 5.41) is 2.17. The minimum Gasteiger partial charge on any atom is -0.324 e. The van der Waals surface area contributed by atoms with E-state index in [4.69, 9.17) is 0 Å². The number of nitrogens with zero attached hydrogens (tertiary/aromatic N) is 1. The van der Waals surface area contributed by atoms with Crippen molar-refractivity contribution in [3.8, 4) is 0 Å². The third-order valence-electron chi connectivity index (χ3n) is 3.62. The Bertz CT molecular complexity index is 766. The molecular formula is C18H17F3N2O2. The zero-order chi connectivity index (χ0) is 18.4. The van der Waals surface area contributed by atoms with Gasteiger partial charge >= 0.3 is 0 Å². The molecule has 132 valence electrons. The van der Waals surface area contributed by atoms with E-state index in [9.17, 15) is 22.8 Å². The first kappa shape index (κ1) is 18.5. The molecule has 0 radical (unpaired) electrons. The second-order valence-electron chi connectivity index (χ2n) is 5.41. The maximum atomic E-state index is 13.5. The first-order valence-electron chi connectivity index (χ1n) is 7.65. The minimum absolute atomic E-state index is 0.0488. The number of hydrogen-bond acceptors (Lipinski definition) is 2. The monoisotopic (exact) mass is 350 g/mol. The van der Waals surface area contributed by atoms with E-state index < -0.39 is 29.0 Å². The molecule has 1 N–H and O–H groups in total. The minimum atomic E-state index is -1.64. The summed E-state index contributed by atoms with van der Waals surface area (Å²) in [7, 11) is 1.63. The number of amides is 2. The quantitative estimate of drug-likeness (QED) is 0.804. The van der Waals surface area contributed by atoms with Gasteiger partial charge in [-0.25, -0.2) is 13.2 Å². The van der Waals surface area contributed by atoms with E-state index in [2.05, 4.69) is 5.32 Å². The number of para-hydroxylation sites is 1. The number of rotatable bonds is 6. The second kappa shape index (κ2) is 8.32. The van der Waals surface area contributed by atoms with E-state index in [0.29, 0.717) is 0 Å². The molecule has 0 fully saturated rings. The molecule has 0 aromatic heterocycles. The van der Waals surface area contributed by atoms with Gasteiger partial charge in [0.15, 0.2) is 17.5 Å². The highest BCUT2D eigenvalue weighted by Crippen LogP contribution is 2.20. The highest BCUT2D eigenvalue weighted by Gasteiger charge is 2.16. The molecule has 0 saturated heterocycles. The van der Waals surface area contributed by atoms with Crippen LogP contribution in [0, 0.1) is 17.5 Å². The summed E-state index contributed by atoms with van der Waals surface area (Å²) in [5.74, 6) is -5.17. The highest BCUT2D eigenvalue weighted by atomic mass is 19.2. The molecule has 4 nitrogen and oxygen atoms in total. The number of hydrogen-bond donors (Lipinski definition) is 1. The largest absolute Gasteiger partial charge is 0.324 e. The molecule has 25 heavy (non-hydrogen) atoms. The van der Waals surface area contributed by atoms with Crippen LogP contribution in [-0.4, -0.2) is 18.9 Å². The lowest BCUT2D eigenvalue weighted by molar-refractivity contribution is -0.118. The van der Waals surface area contributed by atoms with Gasteiger partial charge in [-0.1, -0.05) is 18.2 Å². The van der Waals surface area contributed by atoms with Gasteiger partial charge in [0.25, 0.3) is 0 Å². The molecule has 0 saturated carbocycles. The third kappa shape index (κ3) is 4.82. The Morgan fingerprint density at radius 3 is 2.32 bits per heavy atom. The van der Waals surface area contributed by atoms with E-state index in [1.807, 2.05) is 18.2 Å². The van der Waals surface area contributed by atoms with Crippen molar-refractivity contribution in [3.05, 3.63) is 59.9 Å². The summed E-state index contributed by atoms with van der Waals surface area (Å²) in [6, 6.07) is 10.7. The Balaban J connectivity index is 1.83. The molecule has 0 heterocycles. The fraction of sp³-hybridized carbons (Fsp3) is 0.222. The van der Waals surface area contributed by atoms with Gasteiger partial charge in [0, 0.05) is 25.6 Å². The number of halogens is 3. The predicted molar refractivity (Wildman–Crippen MR) is 88.6 cm³/mol. The van der Waals surface area contributed by atoms with Crippen LogP contribution in [0.3, 0.4) is 0 Å². The fourth-order valence-electron chi connectivity index (χ4n) is 2.20. The Morgan fingerprint density at radius 2 is 1.64 bits per heavy atom. The zero-order valence-corrected chi connectivity index (χ0v) is 13.6. The molecule has 2 aromatic rings. The Labute approximate surface area is 143 Å². The normalized spacial score (nSPS) is 10.4. The maximum Gasteiger partial charge on any atom is 0.226 e. The molecule has 0 unspecified atom stereocenters. The van der Waals surface area contributed by atoms with Crippen LogP contribution in [0.15, 0.2) is 42.5 Å². The van der Waals surface area contributed by atoms with E-state index in [1.165, 1.54) is 4.90 Å². The first-order chi connectivity index (χ1) is 11.9. The van der Waals surface area contributed by atoms with Crippen LogP contribution < -0.4 is 10.2 Å². The van der Waals surface area contributed by atoms with Crippen LogP contribution >= 0.6 is 0 Å². The smallest absolute Gasteiger partial charge is 0.226 e. The molecule has 0 atom stereocenters. The lowest BCUT2D eigenvalue weighted by atomic mass is 10.2. The van der Waals surface area contributed by atoms with Gasteiger partial charge in [-0.3, -0.25) is 9.59 Å².